The van der Waals surface area contributed by atoms with Crippen molar-refractivity contribution in [2.45, 2.75) is 58.2 Å². The zero-order valence-electron chi connectivity index (χ0n) is 15.7. The number of nitrogens with one attached hydrogen (secondary N) is 1. The highest BCUT2D eigenvalue weighted by atomic mass is 16.3. The van der Waals surface area contributed by atoms with Gasteiger partial charge in [0.05, 0.1) is 6.26 Å². The number of carbonyl (C=O) groups is 1. The zero-order valence-corrected chi connectivity index (χ0v) is 15.7. The van der Waals surface area contributed by atoms with Crippen LogP contribution in [0.3, 0.4) is 0 Å². The van der Waals surface area contributed by atoms with E-state index in [1.54, 1.807) is 6.26 Å². The summed E-state index contributed by atoms with van der Waals surface area (Å²) in [6, 6.07) is 10.8. The lowest BCUT2D eigenvalue weighted by atomic mass is 10.1. The van der Waals surface area contributed by atoms with Crippen molar-refractivity contribution in [2.75, 3.05) is 11.4 Å². The van der Waals surface area contributed by atoms with Crippen LogP contribution in [0.25, 0.3) is 0 Å². The van der Waals surface area contributed by atoms with Gasteiger partial charge in [0.1, 0.15) is 0 Å². The maximum absolute atomic E-state index is 12.7. The van der Waals surface area contributed by atoms with E-state index in [2.05, 4.69) is 48.3 Å². The molecule has 140 valence electrons. The first kappa shape index (κ1) is 18.5. The molecular weight excluding hydrogens is 326 g/mol. The number of unbranched alkanes of at least 4 members (excludes halogenated alkanes) is 1. The van der Waals surface area contributed by atoms with E-state index >= 15 is 0 Å². The molecule has 0 bridgehead atoms. The van der Waals surface area contributed by atoms with E-state index < -0.39 is 0 Å². The summed E-state index contributed by atoms with van der Waals surface area (Å²) in [4.78, 5) is 15.0. The third-order valence-electron chi connectivity index (χ3n) is 5.17. The van der Waals surface area contributed by atoms with E-state index in [1.165, 1.54) is 11.3 Å². The Balaban J connectivity index is 1.72. The Hall–Kier alpha value is -2.27. The average molecular weight is 355 g/mol. The molecule has 3 rings (SSSR count). The van der Waals surface area contributed by atoms with Gasteiger partial charge in [-0.25, -0.2) is 0 Å². The molecule has 1 aliphatic rings. The van der Waals surface area contributed by atoms with Crippen LogP contribution in [0.15, 0.2) is 41.0 Å². The summed E-state index contributed by atoms with van der Waals surface area (Å²) in [5.41, 5.74) is 9.32. The second-order valence-electron chi connectivity index (χ2n) is 7.13. The number of amides is 1. The first-order chi connectivity index (χ1) is 12.6. The van der Waals surface area contributed by atoms with Crippen LogP contribution in [0, 0.1) is 0 Å². The van der Waals surface area contributed by atoms with Crippen LogP contribution in [-0.4, -0.2) is 24.5 Å². The van der Waals surface area contributed by atoms with Gasteiger partial charge in [-0.05, 0) is 37.5 Å². The molecule has 0 spiro atoms. The molecule has 26 heavy (non-hydrogen) atoms. The molecule has 2 aromatic rings. The second kappa shape index (κ2) is 8.41. The summed E-state index contributed by atoms with van der Waals surface area (Å²) < 4.78 is 5.53. The van der Waals surface area contributed by atoms with Crippen LogP contribution in [0.5, 0.6) is 0 Å². The maximum atomic E-state index is 12.7. The predicted octanol–water partition coefficient (Wildman–Crippen LogP) is 3.48. The normalized spacial score (nSPS) is 17.2. The molecule has 3 N–H and O–H groups in total. The molecule has 5 nitrogen and oxygen atoms in total. The summed E-state index contributed by atoms with van der Waals surface area (Å²) >= 11 is 0. The number of rotatable bonds is 8. The zero-order chi connectivity index (χ0) is 18.5. The highest BCUT2D eigenvalue weighted by Gasteiger charge is 2.28. The standard InChI is InChI=1S/C21H29N3O2/c1-3-4-8-18(13-22)23-21(25)20-17(10-11-26-20)14-24-15(2)12-16-7-5-6-9-19(16)24/h5-7,9-11,15,18H,3-4,8,12-14,22H2,1-2H3,(H,23,25). The predicted molar refractivity (Wildman–Crippen MR) is 104 cm³/mol. The second-order valence-corrected chi connectivity index (χ2v) is 7.13. The fourth-order valence-corrected chi connectivity index (χ4v) is 3.66. The third-order valence-corrected chi connectivity index (χ3v) is 5.17. The molecule has 1 amide bonds. The van der Waals surface area contributed by atoms with Crippen molar-refractivity contribution >= 4 is 11.6 Å². The SMILES string of the molecule is CCCCC(CN)NC(=O)c1occc1CN1c2ccccc2CC1C. The molecule has 0 fully saturated rings. The van der Waals surface area contributed by atoms with E-state index in [0.29, 0.717) is 24.9 Å². The van der Waals surface area contributed by atoms with E-state index in [9.17, 15) is 4.79 Å². The molecule has 1 aromatic carbocycles. The molecule has 0 saturated carbocycles. The van der Waals surface area contributed by atoms with Crippen molar-refractivity contribution < 1.29 is 9.21 Å². The first-order valence-electron chi connectivity index (χ1n) is 9.55. The van der Waals surface area contributed by atoms with E-state index in [4.69, 9.17) is 10.2 Å². The molecule has 5 heteroatoms. The molecule has 1 aliphatic heterocycles. The van der Waals surface area contributed by atoms with E-state index in [-0.39, 0.29) is 11.9 Å². The summed E-state index contributed by atoms with van der Waals surface area (Å²) in [7, 11) is 0. The minimum Gasteiger partial charge on any atom is -0.459 e. The molecule has 2 atom stereocenters. The van der Waals surface area contributed by atoms with Gasteiger partial charge in [0, 0.05) is 36.4 Å². The number of furan rings is 1. The van der Waals surface area contributed by atoms with Gasteiger partial charge in [-0.3, -0.25) is 4.79 Å². The Kier molecular flexibility index (Phi) is 5.99. The quantitative estimate of drug-likeness (QED) is 0.760. The van der Waals surface area contributed by atoms with Crippen molar-refractivity contribution in [3.63, 3.8) is 0 Å². The first-order valence-corrected chi connectivity index (χ1v) is 9.55. The monoisotopic (exact) mass is 355 g/mol. The Morgan fingerprint density at radius 2 is 2.19 bits per heavy atom. The number of para-hydroxylation sites is 1. The minimum atomic E-state index is -0.170. The highest BCUT2D eigenvalue weighted by Crippen LogP contribution is 2.33. The summed E-state index contributed by atoms with van der Waals surface area (Å²) in [6.45, 7) is 5.46. The minimum absolute atomic E-state index is 0.00756. The van der Waals surface area contributed by atoms with Gasteiger partial charge in [0.25, 0.3) is 5.91 Å². The Labute approximate surface area is 155 Å². The van der Waals surface area contributed by atoms with Crippen molar-refractivity contribution in [3.05, 3.63) is 53.5 Å². The summed E-state index contributed by atoms with van der Waals surface area (Å²) in [5.74, 6) is 0.230. The van der Waals surface area contributed by atoms with Crippen molar-refractivity contribution in [3.8, 4) is 0 Å². The molecule has 0 saturated heterocycles. The average Bonchev–Trinajstić information content (AvgIpc) is 3.23. The van der Waals surface area contributed by atoms with Gasteiger partial charge in [-0.1, -0.05) is 38.0 Å². The van der Waals surface area contributed by atoms with Crippen molar-refractivity contribution in [1.29, 1.82) is 0 Å². The lowest BCUT2D eigenvalue weighted by molar-refractivity contribution is 0.0906. The van der Waals surface area contributed by atoms with Crippen molar-refractivity contribution in [2.24, 2.45) is 5.73 Å². The maximum Gasteiger partial charge on any atom is 0.287 e. The van der Waals surface area contributed by atoms with Gasteiger partial charge >= 0.3 is 0 Å². The Morgan fingerprint density at radius 3 is 2.96 bits per heavy atom. The van der Waals surface area contributed by atoms with Gasteiger partial charge in [-0.2, -0.15) is 0 Å². The molecule has 2 unspecified atom stereocenters. The number of carbonyl (C=O) groups excluding carboxylic acids is 1. The van der Waals surface area contributed by atoms with Crippen LogP contribution in [0.4, 0.5) is 5.69 Å². The lowest BCUT2D eigenvalue weighted by Gasteiger charge is -2.25. The van der Waals surface area contributed by atoms with Crippen LogP contribution < -0.4 is 16.0 Å². The number of hydrogen-bond acceptors (Lipinski definition) is 4. The number of nitrogens with two attached hydrogens (primary N) is 1. The van der Waals surface area contributed by atoms with Gasteiger partial charge < -0.3 is 20.4 Å². The molecule has 2 heterocycles. The van der Waals surface area contributed by atoms with Crippen LogP contribution in [0.2, 0.25) is 0 Å². The fraction of sp³-hybridized carbons (Fsp3) is 0.476. The number of fused-ring (bicyclic) bond motifs is 1. The van der Waals surface area contributed by atoms with Crippen LogP contribution in [0.1, 0.15) is 54.8 Å². The Morgan fingerprint density at radius 1 is 1.38 bits per heavy atom. The summed E-state index contributed by atoms with van der Waals surface area (Å²) in [6.07, 6.45) is 5.66. The molecule has 0 radical (unpaired) electrons. The fourth-order valence-electron chi connectivity index (χ4n) is 3.66. The summed E-state index contributed by atoms with van der Waals surface area (Å²) in [5, 5.41) is 3.02. The van der Waals surface area contributed by atoms with Gasteiger partial charge in [-0.15, -0.1) is 0 Å². The lowest BCUT2D eigenvalue weighted by Crippen LogP contribution is -2.40. The number of hydrogen-bond donors (Lipinski definition) is 2. The number of benzene rings is 1. The van der Waals surface area contributed by atoms with Gasteiger partial charge in [0.15, 0.2) is 5.76 Å². The van der Waals surface area contributed by atoms with Gasteiger partial charge in [0.2, 0.25) is 0 Å². The van der Waals surface area contributed by atoms with Crippen molar-refractivity contribution in [1.82, 2.24) is 5.32 Å². The van der Waals surface area contributed by atoms with E-state index in [1.807, 2.05) is 6.07 Å². The highest BCUT2D eigenvalue weighted by molar-refractivity contribution is 5.93. The van der Waals surface area contributed by atoms with Crippen LogP contribution in [-0.2, 0) is 13.0 Å². The smallest absolute Gasteiger partial charge is 0.287 e. The topological polar surface area (TPSA) is 71.5 Å². The number of anilines is 1. The molecular formula is C21H29N3O2. The molecule has 0 aliphatic carbocycles. The largest absolute Gasteiger partial charge is 0.459 e. The molecule has 1 aromatic heterocycles. The Bertz CT molecular complexity index is 740. The van der Waals surface area contributed by atoms with Crippen LogP contribution >= 0.6 is 0 Å². The van der Waals surface area contributed by atoms with E-state index in [0.717, 1.165) is 31.2 Å². The third kappa shape index (κ3) is 3.93. The number of nitrogens with zero attached hydrogens (tertiary/aromatic N) is 1.